The van der Waals surface area contributed by atoms with Crippen molar-refractivity contribution in [1.29, 1.82) is 0 Å². The molecule has 6 fully saturated rings. The van der Waals surface area contributed by atoms with E-state index in [2.05, 4.69) is 54.5 Å². The van der Waals surface area contributed by atoms with Gasteiger partial charge in [-0.05, 0) is 109 Å². The smallest absolute Gasteiger partial charge is 0.310 e. The van der Waals surface area contributed by atoms with Crippen LogP contribution in [0.25, 0.3) is 0 Å². The van der Waals surface area contributed by atoms with Crippen LogP contribution < -0.4 is 0 Å². The summed E-state index contributed by atoms with van der Waals surface area (Å²) >= 11 is 0. The Labute approximate surface area is 303 Å². The third kappa shape index (κ3) is 5.64. The molecule has 2 aliphatic heterocycles. The molecule has 11 nitrogen and oxygen atoms in total. The van der Waals surface area contributed by atoms with Gasteiger partial charge in [-0.25, -0.2) is 0 Å². The second kappa shape index (κ2) is 12.7. The van der Waals surface area contributed by atoms with Gasteiger partial charge in [0.05, 0.1) is 24.7 Å². The predicted molar refractivity (Wildman–Crippen MR) is 186 cm³/mol. The second-order valence-electron chi connectivity index (χ2n) is 19.8. The molecular formula is C40H64O11. The zero-order valence-electron chi connectivity index (χ0n) is 31.7. The topological polar surface area (TPSA) is 175 Å². The van der Waals surface area contributed by atoms with Gasteiger partial charge in [-0.1, -0.05) is 60.1 Å². The summed E-state index contributed by atoms with van der Waals surface area (Å²) in [6, 6.07) is 0. The Kier molecular flexibility index (Phi) is 9.50. The van der Waals surface area contributed by atoms with Crippen LogP contribution in [-0.2, 0) is 23.7 Å². The van der Waals surface area contributed by atoms with E-state index in [4.69, 9.17) is 18.9 Å². The standard InChI is InChI=1S/C40H64O11/c1-35(2)14-16-40(34(46)47)17-15-38(6)21(22(40)18-35)8-9-26-37(5)12-11-27(36(3,4)25(37)10-13-39(26,38)7)50-33-31(29(44)24(42)20-49-33)51-32-30(45)28(43)23(41)19-48-32/h8,22-33,41-45H,9-20H2,1-7H3,(H,46,47). The minimum atomic E-state index is -1.56. The fourth-order valence-corrected chi connectivity index (χ4v) is 13.1. The van der Waals surface area contributed by atoms with Crippen molar-refractivity contribution in [2.45, 2.75) is 168 Å². The van der Waals surface area contributed by atoms with Crippen LogP contribution in [0.15, 0.2) is 11.6 Å². The maximum atomic E-state index is 13.0. The number of hydrogen-bond acceptors (Lipinski definition) is 10. The third-order valence-corrected chi connectivity index (χ3v) is 16.5. The highest BCUT2D eigenvalue weighted by Crippen LogP contribution is 2.76. The lowest BCUT2D eigenvalue weighted by molar-refractivity contribution is -0.357. The van der Waals surface area contributed by atoms with E-state index >= 15 is 0 Å². The number of rotatable bonds is 5. The number of hydrogen-bond donors (Lipinski definition) is 6. The molecule has 2 heterocycles. The van der Waals surface area contributed by atoms with Crippen LogP contribution in [0.4, 0.5) is 0 Å². The summed E-state index contributed by atoms with van der Waals surface area (Å²) in [5, 5.41) is 62.9. The molecule has 0 amide bonds. The van der Waals surface area contributed by atoms with Gasteiger partial charge < -0.3 is 49.6 Å². The van der Waals surface area contributed by atoms with E-state index in [1.54, 1.807) is 0 Å². The van der Waals surface area contributed by atoms with Gasteiger partial charge in [-0.2, -0.15) is 0 Å². The van der Waals surface area contributed by atoms with Crippen LogP contribution in [0.5, 0.6) is 0 Å². The van der Waals surface area contributed by atoms with Gasteiger partial charge in [0.2, 0.25) is 0 Å². The zero-order valence-corrected chi connectivity index (χ0v) is 31.7. The highest BCUT2D eigenvalue weighted by molar-refractivity contribution is 5.76. The van der Waals surface area contributed by atoms with Crippen molar-refractivity contribution in [3.05, 3.63) is 11.6 Å². The highest BCUT2D eigenvalue weighted by Gasteiger charge is 2.69. The highest BCUT2D eigenvalue weighted by atomic mass is 16.7. The third-order valence-electron chi connectivity index (χ3n) is 16.5. The molecule has 2 saturated heterocycles. The summed E-state index contributed by atoms with van der Waals surface area (Å²) < 4.78 is 24.1. The second-order valence-corrected chi connectivity index (χ2v) is 19.8. The minimum absolute atomic E-state index is 0.0185. The van der Waals surface area contributed by atoms with Gasteiger partial charge >= 0.3 is 5.97 Å². The average molecular weight is 721 g/mol. The van der Waals surface area contributed by atoms with Crippen LogP contribution in [0.2, 0.25) is 0 Å². The number of aliphatic hydroxyl groups is 5. The lowest BCUT2D eigenvalue weighted by Crippen LogP contribution is -2.66. The van der Waals surface area contributed by atoms with Crippen LogP contribution in [0.3, 0.4) is 0 Å². The van der Waals surface area contributed by atoms with Gasteiger partial charge in [-0.15, -0.1) is 0 Å². The van der Waals surface area contributed by atoms with E-state index in [0.717, 1.165) is 64.2 Å². The van der Waals surface area contributed by atoms with E-state index in [0.29, 0.717) is 11.8 Å². The van der Waals surface area contributed by atoms with Crippen molar-refractivity contribution in [2.75, 3.05) is 13.2 Å². The van der Waals surface area contributed by atoms with Crippen molar-refractivity contribution in [2.24, 2.45) is 50.2 Å². The van der Waals surface area contributed by atoms with Gasteiger partial charge in [0.1, 0.15) is 36.6 Å². The van der Waals surface area contributed by atoms with Gasteiger partial charge in [0.25, 0.3) is 0 Å². The number of carbonyl (C=O) groups is 1. The first kappa shape index (κ1) is 38.1. The van der Waals surface area contributed by atoms with Crippen LogP contribution in [0.1, 0.15) is 113 Å². The van der Waals surface area contributed by atoms with E-state index in [1.165, 1.54) is 5.57 Å². The van der Waals surface area contributed by atoms with Crippen molar-refractivity contribution in [3.8, 4) is 0 Å². The molecule has 290 valence electrons. The van der Waals surface area contributed by atoms with Gasteiger partial charge in [0, 0.05) is 0 Å². The molecule has 51 heavy (non-hydrogen) atoms. The van der Waals surface area contributed by atoms with Crippen LogP contribution in [-0.4, -0.2) is 105 Å². The molecule has 5 aliphatic carbocycles. The monoisotopic (exact) mass is 720 g/mol. The first-order valence-corrected chi connectivity index (χ1v) is 19.6. The van der Waals surface area contributed by atoms with Crippen molar-refractivity contribution in [3.63, 3.8) is 0 Å². The lowest BCUT2D eigenvalue weighted by atomic mass is 9.33. The van der Waals surface area contributed by atoms with E-state index in [9.17, 15) is 35.4 Å². The largest absolute Gasteiger partial charge is 0.481 e. The Morgan fingerprint density at radius 1 is 0.745 bits per heavy atom. The lowest BCUT2D eigenvalue weighted by Gasteiger charge is -2.71. The number of carboxylic acids is 1. The summed E-state index contributed by atoms with van der Waals surface area (Å²) in [6.07, 6.45) is 0.735. The van der Waals surface area contributed by atoms with Crippen molar-refractivity contribution in [1.82, 2.24) is 0 Å². The first-order valence-electron chi connectivity index (χ1n) is 19.6. The Hall–Kier alpha value is -1.15. The first-order chi connectivity index (χ1) is 23.7. The summed E-state index contributed by atoms with van der Waals surface area (Å²) in [4.78, 5) is 13.0. The molecular weight excluding hydrogens is 656 g/mol. The Balaban J connectivity index is 1.13. The summed E-state index contributed by atoms with van der Waals surface area (Å²) in [5.41, 5.74) is 0.597. The molecule has 0 bridgehead atoms. The minimum Gasteiger partial charge on any atom is -0.481 e. The van der Waals surface area contributed by atoms with Gasteiger partial charge in [-0.3, -0.25) is 4.79 Å². The fraction of sp³-hybridized carbons (Fsp3) is 0.925. The number of fused-ring (bicyclic) bond motifs is 7. The molecule has 16 atom stereocenters. The molecule has 11 heteroatoms. The van der Waals surface area contributed by atoms with E-state index in [-0.39, 0.29) is 52.3 Å². The summed E-state index contributed by atoms with van der Waals surface area (Å²) in [6.45, 7) is 16.2. The Morgan fingerprint density at radius 3 is 2.08 bits per heavy atom. The SMILES string of the molecule is CC1(C)CCC2(C(=O)O)CCC3(C)C(=CCC4C5(C)CCC(OC6OCC(O)C(O)C6OC6OCC(O)C(O)C6O)C(C)(C)C5CCC43C)C2C1. The number of aliphatic hydroxyl groups excluding tert-OH is 5. The molecule has 0 aromatic rings. The normalized spacial score (nSPS) is 53.5. The fourth-order valence-electron chi connectivity index (χ4n) is 13.1. The average Bonchev–Trinajstić information content (AvgIpc) is 3.05. The maximum absolute atomic E-state index is 13.0. The molecule has 16 unspecified atom stereocenters. The number of aliphatic carboxylic acids is 1. The van der Waals surface area contributed by atoms with Crippen LogP contribution in [0, 0.1) is 50.2 Å². The van der Waals surface area contributed by atoms with Crippen molar-refractivity contribution < 1.29 is 54.4 Å². The Morgan fingerprint density at radius 2 is 1.39 bits per heavy atom. The summed E-state index contributed by atoms with van der Waals surface area (Å²) in [5.74, 6) is 0.227. The quantitative estimate of drug-likeness (QED) is 0.178. The molecule has 7 aliphatic rings. The van der Waals surface area contributed by atoms with Gasteiger partial charge in [0.15, 0.2) is 12.6 Å². The number of carboxylic acid groups (broad SMARTS) is 1. The zero-order chi connectivity index (χ0) is 37.1. The van der Waals surface area contributed by atoms with E-state index in [1.807, 2.05) is 0 Å². The van der Waals surface area contributed by atoms with E-state index < -0.39 is 60.6 Å². The molecule has 0 radical (unpaired) electrons. The molecule has 0 spiro atoms. The molecule has 0 aromatic carbocycles. The van der Waals surface area contributed by atoms with Crippen molar-refractivity contribution >= 4 is 5.97 Å². The molecule has 4 saturated carbocycles. The molecule has 7 rings (SSSR count). The molecule has 6 N–H and O–H groups in total. The summed E-state index contributed by atoms with van der Waals surface area (Å²) in [7, 11) is 0. The van der Waals surface area contributed by atoms with Crippen LogP contribution >= 0.6 is 0 Å². The Bertz CT molecular complexity index is 1380. The maximum Gasteiger partial charge on any atom is 0.310 e. The molecule has 0 aromatic heterocycles. The number of allylic oxidation sites excluding steroid dienone is 2. The predicted octanol–water partition coefficient (Wildman–Crippen LogP) is 4.16. The number of ether oxygens (including phenoxy) is 4.